The first-order valence-corrected chi connectivity index (χ1v) is 9.44. The smallest absolute Gasteiger partial charge is 0.154 e. The Morgan fingerprint density at radius 1 is 1.16 bits per heavy atom. The molecule has 1 aliphatic heterocycles. The van der Waals surface area contributed by atoms with Crippen molar-refractivity contribution in [1.29, 1.82) is 0 Å². The van der Waals surface area contributed by atoms with Crippen LogP contribution in [0.5, 0.6) is 0 Å². The highest BCUT2D eigenvalue weighted by Crippen LogP contribution is 2.23. The van der Waals surface area contributed by atoms with Crippen LogP contribution in [0, 0.1) is 5.92 Å². The number of hydrogen-bond donors (Lipinski definition) is 1. The predicted octanol–water partition coefficient (Wildman–Crippen LogP) is 1.75. The highest BCUT2D eigenvalue weighted by atomic mass is 32.2. The van der Waals surface area contributed by atoms with Gasteiger partial charge in [0.2, 0.25) is 0 Å². The van der Waals surface area contributed by atoms with Crippen molar-refractivity contribution >= 4 is 9.84 Å². The Balaban J connectivity index is 1.68. The maximum absolute atomic E-state index is 12.0. The number of ether oxygens (including phenoxy) is 1. The van der Waals surface area contributed by atoms with Crippen molar-refractivity contribution in [3.05, 3.63) is 0 Å². The molecule has 1 saturated carbocycles. The molecule has 1 heterocycles. The van der Waals surface area contributed by atoms with Gasteiger partial charge < -0.3 is 10.1 Å². The molecule has 2 rings (SSSR count). The second-order valence-corrected chi connectivity index (χ2v) is 8.30. The zero-order valence-corrected chi connectivity index (χ0v) is 12.8. The van der Waals surface area contributed by atoms with Gasteiger partial charge in [0.05, 0.1) is 17.6 Å². The van der Waals surface area contributed by atoms with E-state index in [1.807, 2.05) is 0 Å². The molecule has 4 nitrogen and oxygen atoms in total. The lowest BCUT2D eigenvalue weighted by atomic mass is 9.86. The lowest BCUT2D eigenvalue weighted by molar-refractivity contribution is 0.127. The van der Waals surface area contributed by atoms with E-state index in [0.29, 0.717) is 18.5 Å². The SMILES string of the molecule is CC1CCCCC1NCCS(=O)(=O)CC1CCCO1. The third-order valence-corrected chi connectivity index (χ3v) is 6.10. The third kappa shape index (κ3) is 5.04. The van der Waals surface area contributed by atoms with Gasteiger partial charge in [0.1, 0.15) is 0 Å². The van der Waals surface area contributed by atoms with Crippen LogP contribution in [-0.4, -0.2) is 45.2 Å². The number of rotatable bonds is 6. The van der Waals surface area contributed by atoms with Crippen LogP contribution < -0.4 is 5.32 Å². The molecule has 3 unspecified atom stereocenters. The van der Waals surface area contributed by atoms with Gasteiger partial charge in [-0.05, 0) is 31.6 Å². The van der Waals surface area contributed by atoms with E-state index >= 15 is 0 Å². The van der Waals surface area contributed by atoms with Crippen LogP contribution in [0.1, 0.15) is 45.4 Å². The van der Waals surface area contributed by atoms with E-state index in [9.17, 15) is 8.42 Å². The van der Waals surface area contributed by atoms with Crippen LogP contribution in [0.4, 0.5) is 0 Å². The first kappa shape index (κ1) is 15.3. The molecule has 2 aliphatic rings. The summed E-state index contributed by atoms with van der Waals surface area (Å²) in [5, 5.41) is 3.43. The Bertz CT molecular complexity index is 363. The fourth-order valence-electron chi connectivity index (χ4n) is 3.16. The van der Waals surface area contributed by atoms with Gasteiger partial charge in [0.25, 0.3) is 0 Å². The van der Waals surface area contributed by atoms with Gasteiger partial charge in [-0.3, -0.25) is 0 Å². The Kier molecular flexibility index (Phi) is 5.66. The van der Waals surface area contributed by atoms with Gasteiger partial charge in [0.15, 0.2) is 9.84 Å². The summed E-state index contributed by atoms with van der Waals surface area (Å²) in [5.74, 6) is 1.12. The maximum atomic E-state index is 12.0. The van der Waals surface area contributed by atoms with E-state index < -0.39 is 9.84 Å². The zero-order chi connectivity index (χ0) is 13.7. The molecule has 0 radical (unpaired) electrons. The average Bonchev–Trinajstić information content (AvgIpc) is 2.83. The largest absolute Gasteiger partial charge is 0.377 e. The van der Waals surface area contributed by atoms with Crippen molar-refractivity contribution in [3.63, 3.8) is 0 Å². The molecule has 0 aromatic heterocycles. The molecule has 19 heavy (non-hydrogen) atoms. The lowest BCUT2D eigenvalue weighted by Crippen LogP contribution is -2.40. The fourth-order valence-corrected chi connectivity index (χ4v) is 4.59. The summed E-state index contributed by atoms with van der Waals surface area (Å²) in [4.78, 5) is 0. The van der Waals surface area contributed by atoms with E-state index in [1.165, 1.54) is 25.7 Å². The third-order valence-electron chi connectivity index (χ3n) is 4.39. The van der Waals surface area contributed by atoms with E-state index in [1.54, 1.807) is 0 Å². The van der Waals surface area contributed by atoms with E-state index in [0.717, 1.165) is 19.4 Å². The summed E-state index contributed by atoms with van der Waals surface area (Å²) in [7, 11) is -2.97. The van der Waals surface area contributed by atoms with E-state index in [4.69, 9.17) is 4.74 Å². The highest BCUT2D eigenvalue weighted by molar-refractivity contribution is 7.91. The van der Waals surface area contributed by atoms with Crippen LogP contribution in [0.3, 0.4) is 0 Å². The first-order chi connectivity index (χ1) is 9.07. The minimum atomic E-state index is -2.97. The predicted molar refractivity (Wildman–Crippen MR) is 77.1 cm³/mol. The summed E-state index contributed by atoms with van der Waals surface area (Å²) in [6.07, 6.45) is 6.87. The molecule has 1 N–H and O–H groups in total. The van der Waals surface area contributed by atoms with Gasteiger partial charge in [0, 0.05) is 19.2 Å². The van der Waals surface area contributed by atoms with Gasteiger partial charge >= 0.3 is 0 Å². The lowest BCUT2D eigenvalue weighted by Gasteiger charge is -2.29. The second-order valence-electron chi connectivity index (χ2n) is 6.07. The molecule has 1 saturated heterocycles. The molecular weight excluding hydrogens is 262 g/mol. The number of hydrogen-bond acceptors (Lipinski definition) is 4. The van der Waals surface area contributed by atoms with Crippen molar-refractivity contribution in [2.24, 2.45) is 5.92 Å². The Morgan fingerprint density at radius 3 is 2.63 bits per heavy atom. The molecule has 0 aromatic rings. The van der Waals surface area contributed by atoms with Crippen LogP contribution >= 0.6 is 0 Å². The van der Waals surface area contributed by atoms with Crippen LogP contribution in [0.25, 0.3) is 0 Å². The summed E-state index contributed by atoms with van der Waals surface area (Å²) in [5.41, 5.74) is 0. The van der Waals surface area contributed by atoms with Crippen molar-refractivity contribution in [2.75, 3.05) is 24.7 Å². The summed E-state index contributed by atoms with van der Waals surface area (Å²) in [6, 6.07) is 0.506. The summed E-state index contributed by atoms with van der Waals surface area (Å²) in [6.45, 7) is 3.57. The highest BCUT2D eigenvalue weighted by Gasteiger charge is 2.24. The van der Waals surface area contributed by atoms with Crippen LogP contribution in [-0.2, 0) is 14.6 Å². The molecule has 2 fully saturated rings. The molecule has 0 bridgehead atoms. The minimum Gasteiger partial charge on any atom is -0.377 e. The molecule has 112 valence electrons. The summed E-state index contributed by atoms with van der Waals surface area (Å²) >= 11 is 0. The van der Waals surface area contributed by atoms with Crippen molar-refractivity contribution in [1.82, 2.24) is 5.32 Å². The van der Waals surface area contributed by atoms with Crippen molar-refractivity contribution < 1.29 is 13.2 Å². The Labute approximate surface area is 117 Å². The normalized spacial score (nSPS) is 32.6. The topological polar surface area (TPSA) is 55.4 Å². The molecule has 5 heteroatoms. The monoisotopic (exact) mass is 289 g/mol. The molecule has 0 amide bonds. The number of nitrogens with one attached hydrogen (secondary N) is 1. The maximum Gasteiger partial charge on any atom is 0.154 e. The van der Waals surface area contributed by atoms with Gasteiger partial charge in [-0.25, -0.2) is 8.42 Å². The van der Waals surface area contributed by atoms with Crippen molar-refractivity contribution in [2.45, 2.75) is 57.6 Å². The molecule has 0 aromatic carbocycles. The minimum absolute atomic E-state index is 0.0568. The van der Waals surface area contributed by atoms with Crippen LogP contribution in [0.2, 0.25) is 0 Å². The zero-order valence-electron chi connectivity index (χ0n) is 11.9. The molecule has 1 aliphatic carbocycles. The summed E-state index contributed by atoms with van der Waals surface area (Å²) < 4.78 is 29.4. The Morgan fingerprint density at radius 2 is 1.95 bits per heavy atom. The molecule has 0 spiro atoms. The Hall–Kier alpha value is -0.130. The number of sulfone groups is 1. The standard InChI is InChI=1S/C14H27NO3S/c1-12-5-2-3-7-14(12)15-8-10-19(16,17)11-13-6-4-9-18-13/h12-15H,2-11H2,1H3. The van der Waals surface area contributed by atoms with Gasteiger partial charge in [-0.1, -0.05) is 19.8 Å². The van der Waals surface area contributed by atoms with Gasteiger partial charge in [-0.15, -0.1) is 0 Å². The first-order valence-electron chi connectivity index (χ1n) is 7.62. The molecule has 3 atom stereocenters. The quantitative estimate of drug-likeness (QED) is 0.809. The average molecular weight is 289 g/mol. The molecular formula is C14H27NO3S. The van der Waals surface area contributed by atoms with Crippen LogP contribution in [0.15, 0.2) is 0 Å². The van der Waals surface area contributed by atoms with E-state index in [2.05, 4.69) is 12.2 Å². The van der Waals surface area contributed by atoms with E-state index in [-0.39, 0.29) is 17.6 Å². The fraction of sp³-hybridized carbons (Fsp3) is 1.00. The van der Waals surface area contributed by atoms with Gasteiger partial charge in [-0.2, -0.15) is 0 Å². The van der Waals surface area contributed by atoms with Crippen molar-refractivity contribution in [3.8, 4) is 0 Å². The second kappa shape index (κ2) is 7.04.